The van der Waals surface area contributed by atoms with Crippen molar-refractivity contribution >= 4 is 30.0 Å². The van der Waals surface area contributed by atoms with E-state index in [1.54, 1.807) is 21.9 Å². The molecule has 120 valence electrons. The molecular formula is C15H21ClN4O2. The Morgan fingerprint density at radius 2 is 2.14 bits per heavy atom. The highest BCUT2D eigenvalue weighted by atomic mass is 35.5. The van der Waals surface area contributed by atoms with E-state index in [4.69, 9.17) is 5.73 Å². The van der Waals surface area contributed by atoms with E-state index in [2.05, 4.69) is 5.32 Å². The zero-order valence-corrected chi connectivity index (χ0v) is 13.1. The van der Waals surface area contributed by atoms with Crippen LogP contribution >= 0.6 is 12.4 Å². The Bertz CT molecular complexity index is 566. The first kappa shape index (κ1) is 16.6. The van der Waals surface area contributed by atoms with Gasteiger partial charge in [-0.05, 0) is 31.0 Å². The molecule has 0 radical (unpaired) electrons. The predicted octanol–water partition coefficient (Wildman–Crippen LogP) is 1.20. The first-order chi connectivity index (χ1) is 10.1. The van der Waals surface area contributed by atoms with Gasteiger partial charge in [0.25, 0.3) is 5.91 Å². The second-order valence-corrected chi connectivity index (χ2v) is 5.59. The highest BCUT2D eigenvalue weighted by Gasteiger charge is 2.25. The SMILES string of the molecule is Cl.N[C@@H]1CCN(C(=O)c2cccc(N3CCCNC3=O)c2)C1. The number of nitrogens with two attached hydrogens (primary N) is 1. The lowest BCUT2D eigenvalue weighted by Gasteiger charge is -2.28. The van der Waals surface area contributed by atoms with Gasteiger partial charge in [-0.15, -0.1) is 12.4 Å². The molecule has 3 N–H and O–H groups in total. The molecule has 0 saturated carbocycles. The molecule has 6 nitrogen and oxygen atoms in total. The quantitative estimate of drug-likeness (QED) is 0.858. The summed E-state index contributed by atoms with van der Waals surface area (Å²) in [4.78, 5) is 27.8. The van der Waals surface area contributed by atoms with Crippen molar-refractivity contribution < 1.29 is 9.59 Å². The summed E-state index contributed by atoms with van der Waals surface area (Å²) in [5.41, 5.74) is 7.23. The van der Waals surface area contributed by atoms with Crippen molar-refractivity contribution in [3.05, 3.63) is 29.8 Å². The lowest BCUT2D eigenvalue weighted by atomic mass is 10.1. The molecule has 7 heteroatoms. The Morgan fingerprint density at radius 1 is 1.32 bits per heavy atom. The van der Waals surface area contributed by atoms with Crippen LogP contribution in [0.3, 0.4) is 0 Å². The number of hydrogen-bond donors (Lipinski definition) is 2. The minimum atomic E-state index is -0.103. The summed E-state index contributed by atoms with van der Waals surface area (Å²) in [5.74, 6) is -0.0118. The average molecular weight is 325 g/mol. The molecule has 0 bridgehead atoms. The zero-order valence-electron chi connectivity index (χ0n) is 12.3. The number of amides is 3. The van der Waals surface area contributed by atoms with Crippen LogP contribution in [0.1, 0.15) is 23.2 Å². The van der Waals surface area contributed by atoms with Crippen LogP contribution in [0.2, 0.25) is 0 Å². The van der Waals surface area contributed by atoms with Crippen LogP contribution in [-0.4, -0.2) is 49.1 Å². The van der Waals surface area contributed by atoms with Gasteiger partial charge in [0.05, 0.1) is 0 Å². The number of nitrogens with zero attached hydrogens (tertiary/aromatic N) is 2. The van der Waals surface area contributed by atoms with Crippen LogP contribution in [-0.2, 0) is 0 Å². The molecule has 1 aromatic carbocycles. The Balaban J connectivity index is 0.00000176. The van der Waals surface area contributed by atoms with Crippen LogP contribution in [0, 0.1) is 0 Å². The first-order valence-electron chi connectivity index (χ1n) is 7.35. The molecule has 0 unspecified atom stereocenters. The molecule has 0 aliphatic carbocycles. The highest BCUT2D eigenvalue weighted by Crippen LogP contribution is 2.20. The second-order valence-electron chi connectivity index (χ2n) is 5.59. The van der Waals surface area contributed by atoms with E-state index in [9.17, 15) is 9.59 Å². The van der Waals surface area contributed by atoms with Crippen LogP contribution in [0.4, 0.5) is 10.5 Å². The van der Waals surface area contributed by atoms with E-state index in [-0.39, 0.29) is 30.4 Å². The smallest absolute Gasteiger partial charge is 0.321 e. The molecule has 0 spiro atoms. The fourth-order valence-electron chi connectivity index (χ4n) is 2.84. The molecule has 2 aliphatic rings. The summed E-state index contributed by atoms with van der Waals surface area (Å²) in [5, 5.41) is 2.82. The Morgan fingerprint density at radius 3 is 2.82 bits per heavy atom. The van der Waals surface area contributed by atoms with Crippen LogP contribution in [0.25, 0.3) is 0 Å². The topological polar surface area (TPSA) is 78.7 Å². The monoisotopic (exact) mass is 324 g/mol. The van der Waals surface area contributed by atoms with Gasteiger partial charge in [-0.3, -0.25) is 9.69 Å². The number of carbonyl (C=O) groups is 2. The summed E-state index contributed by atoms with van der Waals surface area (Å²) in [6, 6.07) is 7.23. The Labute approximate surface area is 136 Å². The fourth-order valence-corrected chi connectivity index (χ4v) is 2.84. The third kappa shape index (κ3) is 3.34. The Hall–Kier alpha value is -1.79. The zero-order chi connectivity index (χ0) is 14.8. The maximum absolute atomic E-state index is 12.5. The van der Waals surface area contributed by atoms with E-state index in [0.717, 1.165) is 18.5 Å². The number of likely N-dealkylation sites (tertiary alicyclic amines) is 1. The lowest BCUT2D eigenvalue weighted by molar-refractivity contribution is 0.0791. The molecule has 2 aliphatic heterocycles. The number of benzene rings is 1. The van der Waals surface area contributed by atoms with E-state index in [1.807, 2.05) is 12.1 Å². The third-order valence-electron chi connectivity index (χ3n) is 4.00. The number of nitrogens with one attached hydrogen (secondary N) is 1. The van der Waals surface area contributed by atoms with Crippen LogP contribution in [0.5, 0.6) is 0 Å². The number of rotatable bonds is 2. The Kier molecular flexibility index (Phi) is 5.26. The summed E-state index contributed by atoms with van der Waals surface area (Å²) in [6.45, 7) is 2.69. The minimum Gasteiger partial charge on any atom is -0.338 e. The van der Waals surface area contributed by atoms with Crippen molar-refractivity contribution in [2.75, 3.05) is 31.1 Å². The maximum Gasteiger partial charge on any atom is 0.321 e. The number of halogens is 1. The molecule has 3 amide bonds. The third-order valence-corrected chi connectivity index (χ3v) is 4.00. The van der Waals surface area contributed by atoms with E-state index >= 15 is 0 Å². The van der Waals surface area contributed by atoms with Crippen LogP contribution < -0.4 is 16.0 Å². The molecule has 22 heavy (non-hydrogen) atoms. The lowest BCUT2D eigenvalue weighted by Crippen LogP contribution is -2.46. The largest absolute Gasteiger partial charge is 0.338 e. The predicted molar refractivity (Wildman–Crippen MR) is 87.5 cm³/mol. The number of carbonyl (C=O) groups excluding carboxylic acids is 2. The summed E-state index contributed by atoms with van der Waals surface area (Å²) in [7, 11) is 0. The van der Waals surface area contributed by atoms with Gasteiger partial charge < -0.3 is 16.0 Å². The van der Waals surface area contributed by atoms with E-state index < -0.39 is 0 Å². The van der Waals surface area contributed by atoms with Gasteiger partial charge in [-0.25, -0.2) is 4.79 Å². The number of hydrogen-bond acceptors (Lipinski definition) is 3. The standard InChI is InChI=1S/C15H20N4O2.ClH/c16-12-5-8-18(10-12)14(20)11-3-1-4-13(9-11)19-7-2-6-17-15(19)21;/h1,3-4,9,12H,2,5-8,10,16H2,(H,17,21);1H/t12-;/m1./s1. The van der Waals surface area contributed by atoms with Crippen molar-refractivity contribution in [3.8, 4) is 0 Å². The molecule has 2 heterocycles. The molecular weight excluding hydrogens is 304 g/mol. The molecule has 1 aromatic rings. The second kappa shape index (κ2) is 6.98. The highest BCUT2D eigenvalue weighted by molar-refractivity contribution is 5.98. The molecule has 0 aromatic heterocycles. The molecule has 3 rings (SSSR count). The van der Waals surface area contributed by atoms with E-state index in [0.29, 0.717) is 31.7 Å². The average Bonchev–Trinajstić information content (AvgIpc) is 2.94. The van der Waals surface area contributed by atoms with Gasteiger partial charge in [0.1, 0.15) is 0 Å². The summed E-state index contributed by atoms with van der Waals surface area (Å²) < 4.78 is 0. The van der Waals surface area contributed by atoms with Crippen LogP contribution in [0.15, 0.2) is 24.3 Å². The van der Waals surface area contributed by atoms with Gasteiger partial charge in [0.15, 0.2) is 0 Å². The first-order valence-corrected chi connectivity index (χ1v) is 7.35. The van der Waals surface area contributed by atoms with Crippen molar-refractivity contribution in [1.29, 1.82) is 0 Å². The van der Waals surface area contributed by atoms with Gasteiger partial charge >= 0.3 is 6.03 Å². The normalized spacial score (nSPS) is 21.3. The summed E-state index contributed by atoms with van der Waals surface area (Å²) in [6.07, 6.45) is 1.75. The van der Waals surface area contributed by atoms with Crippen molar-refractivity contribution in [2.45, 2.75) is 18.9 Å². The van der Waals surface area contributed by atoms with Gasteiger partial charge in [0.2, 0.25) is 0 Å². The molecule has 2 saturated heterocycles. The van der Waals surface area contributed by atoms with Gasteiger partial charge in [-0.2, -0.15) is 0 Å². The van der Waals surface area contributed by atoms with E-state index in [1.165, 1.54) is 0 Å². The number of anilines is 1. The fraction of sp³-hybridized carbons (Fsp3) is 0.467. The van der Waals surface area contributed by atoms with Crippen molar-refractivity contribution in [2.24, 2.45) is 5.73 Å². The number of urea groups is 1. The molecule has 2 fully saturated rings. The van der Waals surface area contributed by atoms with Gasteiger partial charge in [0, 0.05) is 43.5 Å². The van der Waals surface area contributed by atoms with Crippen molar-refractivity contribution in [3.63, 3.8) is 0 Å². The minimum absolute atomic E-state index is 0. The maximum atomic E-state index is 12.5. The van der Waals surface area contributed by atoms with Crippen molar-refractivity contribution in [1.82, 2.24) is 10.2 Å². The molecule has 1 atom stereocenters. The summed E-state index contributed by atoms with van der Waals surface area (Å²) >= 11 is 0. The van der Waals surface area contributed by atoms with Gasteiger partial charge in [-0.1, -0.05) is 6.07 Å².